The van der Waals surface area contributed by atoms with Gasteiger partial charge < -0.3 is 5.73 Å². The molecule has 0 amide bonds. The highest BCUT2D eigenvalue weighted by molar-refractivity contribution is 9.10. The summed E-state index contributed by atoms with van der Waals surface area (Å²) >= 11 is 9.00. The van der Waals surface area contributed by atoms with Crippen LogP contribution in [0.1, 0.15) is 5.56 Å². The Morgan fingerprint density at radius 1 is 1.15 bits per heavy atom. The first kappa shape index (κ1) is 15.3. The standard InChI is InChI=1S/C13H12BrClN2O2S/c14-12-6-5-11(7-13(12)16)20(18,19)17-8-9-1-3-10(15)4-2-9/h1-7,17H,8,16H2. The molecule has 3 N–H and O–H groups in total. The number of benzene rings is 2. The van der Waals surface area contributed by atoms with Gasteiger partial charge in [-0.25, -0.2) is 13.1 Å². The first-order chi connectivity index (χ1) is 9.38. The summed E-state index contributed by atoms with van der Waals surface area (Å²) in [6.07, 6.45) is 0. The summed E-state index contributed by atoms with van der Waals surface area (Å²) in [6, 6.07) is 11.5. The fourth-order valence-corrected chi connectivity index (χ4v) is 2.98. The molecule has 0 saturated heterocycles. The molecular weight excluding hydrogens is 364 g/mol. The minimum Gasteiger partial charge on any atom is -0.398 e. The monoisotopic (exact) mass is 374 g/mol. The molecule has 0 bridgehead atoms. The lowest BCUT2D eigenvalue weighted by Gasteiger charge is -2.08. The van der Waals surface area contributed by atoms with Crippen LogP contribution in [0.2, 0.25) is 5.02 Å². The maximum absolute atomic E-state index is 12.1. The Morgan fingerprint density at radius 2 is 1.80 bits per heavy atom. The van der Waals surface area contributed by atoms with Crippen LogP contribution in [-0.4, -0.2) is 8.42 Å². The van der Waals surface area contributed by atoms with Gasteiger partial charge >= 0.3 is 0 Å². The van der Waals surface area contributed by atoms with Crippen molar-refractivity contribution in [1.82, 2.24) is 4.72 Å². The van der Waals surface area contributed by atoms with Crippen LogP contribution < -0.4 is 10.5 Å². The third-order valence-corrected chi connectivity index (χ3v) is 5.03. The van der Waals surface area contributed by atoms with Crippen LogP contribution in [0.3, 0.4) is 0 Å². The number of hydrogen-bond acceptors (Lipinski definition) is 3. The topological polar surface area (TPSA) is 72.2 Å². The van der Waals surface area contributed by atoms with Crippen molar-refractivity contribution < 1.29 is 8.42 Å². The molecule has 7 heteroatoms. The fraction of sp³-hybridized carbons (Fsp3) is 0.0769. The molecule has 2 rings (SSSR count). The highest BCUT2D eigenvalue weighted by Gasteiger charge is 2.14. The van der Waals surface area contributed by atoms with Crippen LogP contribution in [-0.2, 0) is 16.6 Å². The van der Waals surface area contributed by atoms with Gasteiger partial charge in [0.05, 0.1) is 4.90 Å². The number of sulfonamides is 1. The summed E-state index contributed by atoms with van der Waals surface area (Å²) in [5.41, 5.74) is 6.88. The van der Waals surface area contributed by atoms with E-state index < -0.39 is 10.0 Å². The van der Waals surface area contributed by atoms with Gasteiger partial charge in [0.15, 0.2) is 0 Å². The van der Waals surface area contributed by atoms with Crippen molar-refractivity contribution in [3.05, 3.63) is 57.5 Å². The van der Waals surface area contributed by atoms with Crippen molar-refractivity contribution in [3.8, 4) is 0 Å². The molecule has 0 aliphatic heterocycles. The van der Waals surface area contributed by atoms with E-state index in [0.29, 0.717) is 15.2 Å². The molecule has 4 nitrogen and oxygen atoms in total. The van der Waals surface area contributed by atoms with E-state index in [-0.39, 0.29) is 11.4 Å². The van der Waals surface area contributed by atoms with E-state index in [0.717, 1.165) is 5.56 Å². The van der Waals surface area contributed by atoms with Gasteiger partial charge in [0.1, 0.15) is 0 Å². The van der Waals surface area contributed by atoms with Gasteiger partial charge in [-0.3, -0.25) is 0 Å². The van der Waals surface area contributed by atoms with Gasteiger partial charge in [-0.2, -0.15) is 0 Å². The average Bonchev–Trinajstić information content (AvgIpc) is 2.41. The van der Waals surface area contributed by atoms with Crippen molar-refractivity contribution in [2.75, 3.05) is 5.73 Å². The summed E-state index contributed by atoms with van der Waals surface area (Å²) < 4.78 is 27.4. The molecule has 20 heavy (non-hydrogen) atoms. The molecule has 2 aromatic rings. The Labute approximate surface area is 131 Å². The largest absolute Gasteiger partial charge is 0.398 e. The Bertz CT molecular complexity index is 718. The number of rotatable bonds is 4. The number of nitrogens with two attached hydrogens (primary N) is 1. The highest BCUT2D eigenvalue weighted by atomic mass is 79.9. The lowest BCUT2D eigenvalue weighted by atomic mass is 10.2. The predicted molar refractivity (Wildman–Crippen MR) is 84.0 cm³/mol. The van der Waals surface area contributed by atoms with E-state index in [4.69, 9.17) is 17.3 Å². The van der Waals surface area contributed by atoms with Gasteiger partial charge in [-0.1, -0.05) is 23.7 Å². The van der Waals surface area contributed by atoms with Gasteiger partial charge in [0, 0.05) is 21.7 Å². The fourth-order valence-electron chi connectivity index (χ4n) is 1.55. The van der Waals surface area contributed by atoms with Crippen molar-refractivity contribution in [2.24, 2.45) is 0 Å². The molecular formula is C13H12BrClN2O2S. The Hall–Kier alpha value is -1.08. The molecule has 2 aromatic carbocycles. The summed E-state index contributed by atoms with van der Waals surface area (Å²) in [4.78, 5) is 0.132. The van der Waals surface area contributed by atoms with Gasteiger partial charge in [-0.15, -0.1) is 0 Å². The Morgan fingerprint density at radius 3 is 2.40 bits per heavy atom. The second-order valence-corrected chi connectivity index (χ2v) is 7.19. The van der Waals surface area contributed by atoms with E-state index >= 15 is 0 Å². The normalized spacial score (nSPS) is 11.5. The number of hydrogen-bond donors (Lipinski definition) is 2. The number of nitrogens with one attached hydrogen (secondary N) is 1. The minimum absolute atomic E-state index is 0.132. The first-order valence-electron chi connectivity index (χ1n) is 5.67. The minimum atomic E-state index is -3.59. The second-order valence-electron chi connectivity index (χ2n) is 4.13. The first-order valence-corrected chi connectivity index (χ1v) is 8.33. The highest BCUT2D eigenvalue weighted by Crippen LogP contribution is 2.22. The molecule has 0 heterocycles. The summed E-state index contributed by atoms with van der Waals surface area (Å²) in [5, 5.41) is 0.609. The van der Waals surface area contributed by atoms with E-state index in [1.807, 2.05) is 0 Å². The maximum atomic E-state index is 12.1. The zero-order valence-electron chi connectivity index (χ0n) is 10.3. The van der Waals surface area contributed by atoms with Gasteiger partial charge in [-0.05, 0) is 51.8 Å². The third-order valence-electron chi connectivity index (χ3n) is 2.66. The molecule has 0 spiro atoms. The van der Waals surface area contributed by atoms with Crippen molar-refractivity contribution in [3.63, 3.8) is 0 Å². The van der Waals surface area contributed by atoms with Crippen LogP contribution in [0.4, 0.5) is 5.69 Å². The van der Waals surface area contributed by atoms with Crippen LogP contribution in [0.15, 0.2) is 51.8 Å². The van der Waals surface area contributed by atoms with Crippen LogP contribution in [0.25, 0.3) is 0 Å². The van der Waals surface area contributed by atoms with Gasteiger partial charge in [0.2, 0.25) is 10.0 Å². The lowest BCUT2D eigenvalue weighted by Crippen LogP contribution is -2.23. The zero-order valence-corrected chi connectivity index (χ0v) is 13.5. The van der Waals surface area contributed by atoms with E-state index in [2.05, 4.69) is 20.7 Å². The van der Waals surface area contributed by atoms with Crippen LogP contribution >= 0.6 is 27.5 Å². The van der Waals surface area contributed by atoms with Crippen LogP contribution in [0.5, 0.6) is 0 Å². The zero-order chi connectivity index (χ0) is 14.8. The van der Waals surface area contributed by atoms with Crippen molar-refractivity contribution in [2.45, 2.75) is 11.4 Å². The van der Waals surface area contributed by atoms with E-state index in [9.17, 15) is 8.42 Å². The molecule has 0 aromatic heterocycles. The summed E-state index contributed by atoms with van der Waals surface area (Å²) in [7, 11) is -3.59. The van der Waals surface area contributed by atoms with Crippen molar-refractivity contribution in [1.29, 1.82) is 0 Å². The third kappa shape index (κ3) is 3.73. The SMILES string of the molecule is Nc1cc(S(=O)(=O)NCc2ccc(Cl)cc2)ccc1Br. The average molecular weight is 376 g/mol. The van der Waals surface area contributed by atoms with E-state index in [1.165, 1.54) is 12.1 Å². The van der Waals surface area contributed by atoms with Crippen molar-refractivity contribution >= 4 is 43.2 Å². The molecule has 0 radical (unpaired) electrons. The Kier molecular flexibility index (Phi) is 4.70. The maximum Gasteiger partial charge on any atom is 0.240 e. The molecule has 0 aliphatic rings. The molecule has 106 valence electrons. The molecule has 0 atom stereocenters. The van der Waals surface area contributed by atoms with Gasteiger partial charge in [0.25, 0.3) is 0 Å². The molecule has 0 unspecified atom stereocenters. The number of halogens is 2. The quantitative estimate of drug-likeness (QED) is 0.806. The summed E-state index contributed by atoms with van der Waals surface area (Å²) in [5.74, 6) is 0. The Balaban J connectivity index is 2.14. The summed E-state index contributed by atoms with van der Waals surface area (Å²) in [6.45, 7) is 0.190. The molecule has 0 fully saturated rings. The smallest absolute Gasteiger partial charge is 0.240 e. The second kappa shape index (κ2) is 6.13. The molecule has 0 aliphatic carbocycles. The number of anilines is 1. The molecule has 0 saturated carbocycles. The van der Waals surface area contributed by atoms with E-state index in [1.54, 1.807) is 30.3 Å². The predicted octanol–water partition coefficient (Wildman–Crippen LogP) is 3.16. The number of nitrogen functional groups attached to an aromatic ring is 1. The lowest BCUT2D eigenvalue weighted by molar-refractivity contribution is 0.581. The van der Waals surface area contributed by atoms with Crippen LogP contribution in [0, 0.1) is 0 Å².